The molecule has 1 aromatic carbocycles. The molecule has 1 aliphatic rings. The number of nitrogens with zero attached hydrogens (tertiary/aromatic N) is 1. The van der Waals surface area contributed by atoms with Crippen LogP contribution in [0.15, 0.2) is 30.3 Å². The Labute approximate surface area is 136 Å². The van der Waals surface area contributed by atoms with Crippen LogP contribution in [-0.2, 0) is 10.7 Å². The second-order valence-electron chi connectivity index (χ2n) is 5.19. The smallest absolute Gasteiger partial charge is 0.354 e. The second kappa shape index (κ2) is 6.23. The zero-order chi connectivity index (χ0) is 16.4. The van der Waals surface area contributed by atoms with Crippen molar-refractivity contribution in [2.45, 2.75) is 25.7 Å². The summed E-state index contributed by atoms with van der Waals surface area (Å²) in [6, 6.07) is 8.60. The van der Waals surface area contributed by atoms with E-state index < -0.39 is 22.8 Å². The molecule has 0 radical (unpaired) electrons. The summed E-state index contributed by atoms with van der Waals surface area (Å²) in [7, 11) is 0. The van der Waals surface area contributed by atoms with Gasteiger partial charge in [0.05, 0.1) is 6.61 Å². The topological polar surface area (TPSA) is 48.4 Å². The number of carbonyl (C=O) groups is 1. The number of thiazole rings is 1. The number of aromatic nitrogens is 1. The molecule has 0 amide bonds. The first kappa shape index (κ1) is 15.9. The number of halogens is 2. The van der Waals surface area contributed by atoms with Crippen LogP contribution in [-0.4, -0.2) is 17.6 Å². The fourth-order valence-corrected chi connectivity index (χ4v) is 3.01. The molecule has 23 heavy (non-hydrogen) atoms. The predicted octanol–water partition coefficient (Wildman–Crippen LogP) is 4.61. The Kier molecular flexibility index (Phi) is 4.30. The molecule has 2 aromatic rings. The molecule has 1 fully saturated rings. The van der Waals surface area contributed by atoms with Crippen molar-refractivity contribution in [3.63, 3.8) is 0 Å². The molecule has 0 bridgehead atoms. The van der Waals surface area contributed by atoms with E-state index in [0.29, 0.717) is 29.9 Å². The van der Waals surface area contributed by atoms with Gasteiger partial charge < -0.3 is 9.47 Å². The summed E-state index contributed by atoms with van der Waals surface area (Å²) in [5, 5.41) is -0.394. The van der Waals surface area contributed by atoms with Crippen LogP contribution in [0.25, 0.3) is 0 Å². The lowest BCUT2D eigenvalue weighted by atomic mass is 10.2. The molecular formula is C16H15F2NO3S. The first-order valence-electron chi connectivity index (χ1n) is 7.31. The molecule has 1 aliphatic carbocycles. The van der Waals surface area contributed by atoms with E-state index >= 15 is 0 Å². The molecule has 0 N–H and O–H groups in total. The fourth-order valence-electron chi connectivity index (χ4n) is 2.06. The van der Waals surface area contributed by atoms with Gasteiger partial charge in [-0.2, -0.15) is 13.8 Å². The number of ether oxygens (including phenoxy) is 2. The first-order chi connectivity index (χ1) is 11.0. The third-order valence-electron chi connectivity index (χ3n) is 3.39. The van der Waals surface area contributed by atoms with Gasteiger partial charge in [-0.05, 0) is 31.9 Å². The van der Waals surface area contributed by atoms with Gasteiger partial charge in [-0.25, -0.2) is 4.79 Å². The van der Waals surface area contributed by atoms with E-state index in [1.807, 2.05) is 0 Å². The second-order valence-corrected chi connectivity index (χ2v) is 6.19. The average Bonchev–Trinajstić information content (AvgIpc) is 3.30. The number of carbonyl (C=O) groups excluding carboxylic acids is 1. The van der Waals surface area contributed by atoms with Crippen LogP contribution in [0.1, 0.15) is 34.4 Å². The van der Waals surface area contributed by atoms with Gasteiger partial charge in [0.1, 0.15) is 5.75 Å². The van der Waals surface area contributed by atoms with Crippen molar-refractivity contribution in [2.24, 2.45) is 5.92 Å². The number of hydrogen-bond acceptors (Lipinski definition) is 5. The highest BCUT2D eigenvalue weighted by Gasteiger charge is 2.51. The van der Waals surface area contributed by atoms with Crippen molar-refractivity contribution < 1.29 is 23.0 Å². The molecule has 0 saturated heterocycles. The number of alkyl halides is 2. The minimum Gasteiger partial charge on any atom is -0.462 e. The van der Waals surface area contributed by atoms with Gasteiger partial charge >= 0.3 is 11.9 Å². The lowest BCUT2D eigenvalue weighted by molar-refractivity contribution is -0.0289. The maximum atomic E-state index is 14.3. The summed E-state index contributed by atoms with van der Waals surface area (Å²) < 4.78 is 39.0. The van der Waals surface area contributed by atoms with Crippen LogP contribution in [0.5, 0.6) is 11.6 Å². The van der Waals surface area contributed by atoms with E-state index in [9.17, 15) is 13.6 Å². The summed E-state index contributed by atoms with van der Waals surface area (Å²) >= 11 is 0.641. The van der Waals surface area contributed by atoms with Crippen LogP contribution in [0.3, 0.4) is 0 Å². The molecular weight excluding hydrogens is 324 g/mol. The SMILES string of the molecule is CCOC(=O)c1sc(C(F)(F)C2CC2)nc1Oc1ccccc1. The number of para-hydroxylation sites is 1. The molecule has 4 nitrogen and oxygen atoms in total. The van der Waals surface area contributed by atoms with Crippen molar-refractivity contribution in [2.75, 3.05) is 6.61 Å². The molecule has 3 rings (SSSR count). The maximum Gasteiger partial charge on any atom is 0.354 e. The summed E-state index contributed by atoms with van der Waals surface area (Å²) in [4.78, 5) is 15.9. The van der Waals surface area contributed by atoms with Crippen molar-refractivity contribution >= 4 is 17.3 Å². The lowest BCUT2D eigenvalue weighted by Crippen LogP contribution is -2.15. The van der Waals surface area contributed by atoms with E-state index in [0.717, 1.165) is 0 Å². The van der Waals surface area contributed by atoms with E-state index in [-0.39, 0.29) is 17.4 Å². The molecule has 0 atom stereocenters. The van der Waals surface area contributed by atoms with Gasteiger partial charge in [0.2, 0.25) is 5.88 Å². The van der Waals surface area contributed by atoms with Crippen LogP contribution >= 0.6 is 11.3 Å². The van der Waals surface area contributed by atoms with Crippen LogP contribution in [0.4, 0.5) is 8.78 Å². The summed E-state index contributed by atoms with van der Waals surface area (Å²) in [5.41, 5.74) is 0. The molecule has 0 spiro atoms. The first-order valence-corrected chi connectivity index (χ1v) is 8.13. The molecule has 1 saturated carbocycles. The average molecular weight is 339 g/mol. The van der Waals surface area contributed by atoms with Crippen molar-refractivity contribution in [3.05, 3.63) is 40.2 Å². The number of benzene rings is 1. The largest absolute Gasteiger partial charge is 0.462 e. The molecule has 1 aromatic heterocycles. The van der Waals surface area contributed by atoms with E-state index in [2.05, 4.69) is 4.98 Å². The Morgan fingerprint density at radius 1 is 1.35 bits per heavy atom. The zero-order valence-electron chi connectivity index (χ0n) is 12.4. The number of esters is 1. The highest BCUT2D eigenvalue weighted by atomic mass is 32.1. The lowest BCUT2D eigenvalue weighted by Gasteiger charge is -2.10. The van der Waals surface area contributed by atoms with Gasteiger partial charge in [-0.1, -0.05) is 18.2 Å². The Hall–Kier alpha value is -2.02. The minimum absolute atomic E-state index is 0.0361. The van der Waals surface area contributed by atoms with Gasteiger partial charge in [-0.15, -0.1) is 11.3 Å². The normalized spacial score (nSPS) is 14.6. The van der Waals surface area contributed by atoms with E-state index in [1.165, 1.54) is 0 Å². The minimum atomic E-state index is -3.04. The Bertz CT molecular complexity index is 699. The highest BCUT2D eigenvalue weighted by Crippen LogP contribution is 2.51. The van der Waals surface area contributed by atoms with E-state index in [1.54, 1.807) is 37.3 Å². The maximum absolute atomic E-state index is 14.3. The van der Waals surface area contributed by atoms with Gasteiger partial charge in [0, 0.05) is 5.92 Å². The molecule has 0 aliphatic heterocycles. The number of hydrogen-bond donors (Lipinski definition) is 0. The summed E-state index contributed by atoms with van der Waals surface area (Å²) in [5.74, 6) is -4.15. The molecule has 7 heteroatoms. The van der Waals surface area contributed by atoms with Gasteiger partial charge in [-0.3, -0.25) is 0 Å². The van der Waals surface area contributed by atoms with E-state index in [4.69, 9.17) is 9.47 Å². The summed E-state index contributed by atoms with van der Waals surface area (Å²) in [6.45, 7) is 1.80. The Morgan fingerprint density at radius 2 is 2.04 bits per heavy atom. The predicted molar refractivity (Wildman–Crippen MR) is 81.2 cm³/mol. The standard InChI is InChI=1S/C16H15F2NO3S/c1-2-21-14(20)12-13(22-11-6-4-3-5-7-11)19-15(23-12)16(17,18)10-8-9-10/h3-7,10H,2,8-9H2,1H3. The Balaban J connectivity index is 1.95. The van der Waals surface area contributed by atoms with Gasteiger partial charge in [0.25, 0.3) is 0 Å². The monoisotopic (exact) mass is 339 g/mol. The van der Waals surface area contributed by atoms with Gasteiger partial charge in [0.15, 0.2) is 9.88 Å². The van der Waals surface area contributed by atoms with Crippen LogP contribution in [0, 0.1) is 5.92 Å². The Morgan fingerprint density at radius 3 is 2.65 bits per heavy atom. The third-order valence-corrected chi connectivity index (χ3v) is 4.49. The summed E-state index contributed by atoms with van der Waals surface area (Å²) in [6.07, 6.45) is 0.937. The van der Waals surface area contributed by atoms with Crippen LogP contribution < -0.4 is 4.74 Å². The quantitative estimate of drug-likeness (QED) is 0.721. The van der Waals surface area contributed by atoms with Crippen molar-refractivity contribution in [1.82, 2.24) is 4.98 Å². The fraction of sp³-hybridized carbons (Fsp3) is 0.375. The molecule has 0 unspecified atom stereocenters. The van der Waals surface area contributed by atoms with Crippen LogP contribution in [0.2, 0.25) is 0 Å². The molecule has 1 heterocycles. The number of rotatable bonds is 6. The third kappa shape index (κ3) is 3.34. The van der Waals surface area contributed by atoms with Crippen molar-refractivity contribution in [3.8, 4) is 11.6 Å². The molecule has 122 valence electrons. The zero-order valence-corrected chi connectivity index (χ0v) is 13.2. The van der Waals surface area contributed by atoms with Crippen molar-refractivity contribution in [1.29, 1.82) is 0 Å². The highest BCUT2D eigenvalue weighted by molar-refractivity contribution is 7.14.